The second-order valence-electron chi connectivity index (χ2n) is 6.99. The Bertz CT molecular complexity index is 652. The van der Waals surface area contributed by atoms with Gasteiger partial charge >= 0.3 is 0 Å². The number of pyridine rings is 1. The minimum absolute atomic E-state index is 0.228. The average Bonchev–Trinajstić information content (AvgIpc) is 3.17. The minimum atomic E-state index is -3.13. The molecule has 0 saturated carbocycles. The van der Waals surface area contributed by atoms with Crippen LogP contribution in [0, 0.1) is 0 Å². The third-order valence-electron chi connectivity index (χ3n) is 5.09. The van der Waals surface area contributed by atoms with Gasteiger partial charge in [-0.15, -0.1) is 0 Å². The van der Waals surface area contributed by atoms with Crippen LogP contribution in [0.2, 0.25) is 0 Å². The molecule has 6 nitrogen and oxygen atoms in total. The van der Waals surface area contributed by atoms with Gasteiger partial charge in [0.05, 0.1) is 23.7 Å². The van der Waals surface area contributed by atoms with Crippen molar-refractivity contribution in [3.63, 3.8) is 0 Å². The van der Waals surface area contributed by atoms with Crippen molar-refractivity contribution in [3.8, 4) is 0 Å². The van der Waals surface area contributed by atoms with Crippen LogP contribution >= 0.6 is 0 Å². The predicted molar refractivity (Wildman–Crippen MR) is 93.1 cm³/mol. The molecule has 3 rings (SSSR count). The molecule has 0 aromatic carbocycles. The second kappa shape index (κ2) is 7.07. The van der Waals surface area contributed by atoms with Crippen LogP contribution in [0.3, 0.4) is 0 Å². The number of aromatic nitrogens is 1. The van der Waals surface area contributed by atoms with Crippen LogP contribution in [0.15, 0.2) is 24.4 Å². The van der Waals surface area contributed by atoms with Gasteiger partial charge in [0.1, 0.15) is 0 Å². The van der Waals surface area contributed by atoms with E-state index in [9.17, 15) is 8.42 Å². The van der Waals surface area contributed by atoms with E-state index in [1.807, 2.05) is 31.3 Å². The van der Waals surface area contributed by atoms with Gasteiger partial charge in [0.2, 0.25) is 10.0 Å². The van der Waals surface area contributed by atoms with Crippen molar-refractivity contribution in [2.75, 3.05) is 32.5 Å². The Morgan fingerprint density at radius 3 is 3.00 bits per heavy atom. The second-order valence-corrected chi connectivity index (χ2v) is 9.08. The van der Waals surface area contributed by atoms with Crippen molar-refractivity contribution in [1.29, 1.82) is 0 Å². The van der Waals surface area contributed by atoms with E-state index in [-0.39, 0.29) is 11.4 Å². The standard InChI is InChI=1S/C17H27N3O3S/c1-3-10-24(21,22)20-9-7-17(14-20)11-16(13-23-17)19(2)12-15-6-4-5-8-18-15/h4-6,8,16H,3,7,9-14H2,1-2H3/t16-,17+/m0/s1. The zero-order valence-electron chi connectivity index (χ0n) is 14.5. The molecule has 2 fully saturated rings. The lowest BCUT2D eigenvalue weighted by molar-refractivity contribution is 0.0153. The maximum Gasteiger partial charge on any atom is 0.214 e. The fourth-order valence-corrected chi connectivity index (χ4v) is 5.27. The number of rotatable bonds is 6. The summed E-state index contributed by atoms with van der Waals surface area (Å²) in [5, 5.41) is 0. The summed E-state index contributed by atoms with van der Waals surface area (Å²) >= 11 is 0. The number of sulfonamides is 1. The molecule has 0 aliphatic carbocycles. The molecule has 7 heteroatoms. The number of hydrogen-bond acceptors (Lipinski definition) is 5. The molecule has 0 amide bonds. The molecule has 3 heterocycles. The third-order valence-corrected chi connectivity index (χ3v) is 7.11. The lowest BCUT2D eigenvalue weighted by Crippen LogP contribution is -2.38. The van der Waals surface area contributed by atoms with Gasteiger partial charge in [-0.2, -0.15) is 4.31 Å². The first-order chi connectivity index (χ1) is 11.4. The SMILES string of the molecule is CCCS(=O)(=O)N1CC[C@@]2(C[C@H](N(C)Cc3ccccn3)CO2)C1. The average molecular weight is 353 g/mol. The molecule has 1 aromatic rings. The van der Waals surface area contributed by atoms with E-state index < -0.39 is 10.0 Å². The van der Waals surface area contributed by atoms with E-state index in [0.717, 1.165) is 25.1 Å². The fourth-order valence-electron chi connectivity index (χ4n) is 3.70. The Morgan fingerprint density at radius 2 is 2.29 bits per heavy atom. The predicted octanol–water partition coefficient (Wildman–Crippen LogP) is 1.49. The largest absolute Gasteiger partial charge is 0.372 e. The summed E-state index contributed by atoms with van der Waals surface area (Å²) in [6.07, 6.45) is 4.14. The first kappa shape index (κ1) is 17.8. The fraction of sp³-hybridized carbons (Fsp3) is 0.706. The Hall–Kier alpha value is -1.02. The summed E-state index contributed by atoms with van der Waals surface area (Å²) in [7, 11) is -1.04. The number of ether oxygens (including phenoxy) is 1. The van der Waals surface area contributed by atoms with Gasteiger partial charge in [-0.3, -0.25) is 9.88 Å². The van der Waals surface area contributed by atoms with Gasteiger partial charge in [-0.05, 0) is 38.4 Å². The molecule has 0 bridgehead atoms. The van der Waals surface area contributed by atoms with Crippen molar-refractivity contribution >= 4 is 10.0 Å². The van der Waals surface area contributed by atoms with Crippen LogP contribution in [0.4, 0.5) is 0 Å². The van der Waals surface area contributed by atoms with Crippen LogP contribution in [-0.2, 0) is 21.3 Å². The van der Waals surface area contributed by atoms with Gasteiger partial charge in [-0.25, -0.2) is 8.42 Å². The van der Waals surface area contributed by atoms with Crippen LogP contribution in [0.25, 0.3) is 0 Å². The smallest absolute Gasteiger partial charge is 0.214 e. The highest BCUT2D eigenvalue weighted by molar-refractivity contribution is 7.89. The van der Waals surface area contributed by atoms with Crippen LogP contribution in [-0.4, -0.2) is 66.7 Å². The van der Waals surface area contributed by atoms with Crippen molar-refractivity contribution in [3.05, 3.63) is 30.1 Å². The minimum Gasteiger partial charge on any atom is -0.372 e. The van der Waals surface area contributed by atoms with Crippen molar-refractivity contribution < 1.29 is 13.2 Å². The van der Waals surface area contributed by atoms with Gasteiger partial charge in [0.15, 0.2) is 0 Å². The lowest BCUT2D eigenvalue weighted by Gasteiger charge is -2.25. The Kier molecular flexibility index (Phi) is 5.24. The first-order valence-corrected chi connectivity index (χ1v) is 10.3. The summed E-state index contributed by atoms with van der Waals surface area (Å²) in [5.41, 5.74) is 0.739. The molecular formula is C17H27N3O3S. The van der Waals surface area contributed by atoms with Gasteiger partial charge < -0.3 is 4.74 Å². The number of nitrogens with zero attached hydrogens (tertiary/aromatic N) is 3. The van der Waals surface area contributed by atoms with Gasteiger partial charge in [-0.1, -0.05) is 13.0 Å². The Balaban J connectivity index is 1.59. The van der Waals surface area contributed by atoms with E-state index in [1.54, 1.807) is 4.31 Å². The van der Waals surface area contributed by atoms with Crippen LogP contribution in [0.5, 0.6) is 0 Å². The lowest BCUT2D eigenvalue weighted by atomic mass is 9.96. The zero-order valence-corrected chi connectivity index (χ0v) is 15.3. The molecule has 1 aromatic heterocycles. The quantitative estimate of drug-likeness (QED) is 0.775. The highest BCUT2D eigenvalue weighted by Crippen LogP contribution is 2.37. The van der Waals surface area contributed by atoms with E-state index in [2.05, 4.69) is 16.9 Å². The number of likely N-dealkylation sites (N-methyl/N-ethyl adjacent to an activating group) is 1. The summed E-state index contributed by atoms with van der Waals surface area (Å²) in [4.78, 5) is 6.64. The van der Waals surface area contributed by atoms with E-state index in [0.29, 0.717) is 32.2 Å². The van der Waals surface area contributed by atoms with E-state index in [4.69, 9.17) is 4.74 Å². The molecule has 2 atom stereocenters. The monoisotopic (exact) mass is 353 g/mol. The molecule has 2 aliphatic rings. The van der Waals surface area contributed by atoms with E-state index in [1.165, 1.54) is 0 Å². The maximum atomic E-state index is 12.3. The third kappa shape index (κ3) is 3.79. The summed E-state index contributed by atoms with van der Waals surface area (Å²) in [5.74, 6) is 0.228. The molecule has 0 N–H and O–H groups in total. The van der Waals surface area contributed by atoms with Crippen LogP contribution in [0.1, 0.15) is 31.9 Å². The van der Waals surface area contributed by atoms with Gasteiger partial charge in [0.25, 0.3) is 0 Å². The van der Waals surface area contributed by atoms with Crippen molar-refractivity contribution in [2.24, 2.45) is 0 Å². The molecule has 0 unspecified atom stereocenters. The Morgan fingerprint density at radius 1 is 1.46 bits per heavy atom. The van der Waals surface area contributed by atoms with Gasteiger partial charge in [0, 0.05) is 31.9 Å². The molecule has 2 aliphatic heterocycles. The first-order valence-electron chi connectivity index (χ1n) is 8.66. The topological polar surface area (TPSA) is 62.7 Å². The molecule has 24 heavy (non-hydrogen) atoms. The van der Waals surface area contributed by atoms with E-state index >= 15 is 0 Å². The highest BCUT2D eigenvalue weighted by atomic mass is 32.2. The number of hydrogen-bond donors (Lipinski definition) is 0. The molecule has 2 saturated heterocycles. The Labute approximate surface area is 144 Å². The van der Waals surface area contributed by atoms with Crippen molar-refractivity contribution in [1.82, 2.24) is 14.2 Å². The zero-order chi connectivity index (χ0) is 17.2. The molecule has 0 radical (unpaired) electrons. The molecule has 134 valence electrons. The molecular weight excluding hydrogens is 326 g/mol. The van der Waals surface area contributed by atoms with Crippen molar-refractivity contribution in [2.45, 2.75) is 44.4 Å². The summed E-state index contributed by atoms with van der Waals surface area (Å²) in [6, 6.07) is 6.24. The molecule has 1 spiro atoms. The normalized spacial score (nSPS) is 28.2. The summed E-state index contributed by atoms with van der Waals surface area (Å²) in [6.45, 7) is 4.42. The maximum absolute atomic E-state index is 12.3. The highest BCUT2D eigenvalue weighted by Gasteiger charge is 2.48. The van der Waals surface area contributed by atoms with Crippen LogP contribution < -0.4 is 0 Å². The summed E-state index contributed by atoms with van der Waals surface area (Å²) < 4.78 is 32.3.